The molecule has 36 heavy (non-hydrogen) atoms. The van der Waals surface area contributed by atoms with Gasteiger partial charge in [-0.25, -0.2) is 4.79 Å². The molecule has 1 aromatic rings. The molecule has 0 aliphatic carbocycles. The van der Waals surface area contributed by atoms with Gasteiger partial charge in [0.15, 0.2) is 0 Å². The van der Waals surface area contributed by atoms with Gasteiger partial charge in [-0.1, -0.05) is 44.2 Å². The summed E-state index contributed by atoms with van der Waals surface area (Å²) in [6.07, 6.45) is 4.01. The molecule has 0 aliphatic heterocycles. The Morgan fingerprint density at radius 3 is 2.11 bits per heavy atom. The zero-order chi connectivity index (χ0) is 27.1. The smallest absolute Gasteiger partial charge is 0.326 e. The van der Waals surface area contributed by atoms with Crippen LogP contribution in [0.1, 0.15) is 45.1 Å². The lowest BCUT2D eigenvalue weighted by molar-refractivity contribution is -0.142. The van der Waals surface area contributed by atoms with Gasteiger partial charge in [0.25, 0.3) is 0 Å². The first-order valence-electron chi connectivity index (χ1n) is 12.2. The minimum atomic E-state index is -1.13. The van der Waals surface area contributed by atoms with Crippen LogP contribution in [-0.4, -0.2) is 71.5 Å². The highest BCUT2D eigenvalue weighted by atomic mass is 32.2. The quantitative estimate of drug-likeness (QED) is 0.161. The summed E-state index contributed by atoms with van der Waals surface area (Å²) in [5.74, 6) is -2.47. The van der Waals surface area contributed by atoms with Crippen LogP contribution < -0.4 is 27.4 Å². The van der Waals surface area contributed by atoms with Crippen LogP contribution in [-0.2, 0) is 25.6 Å². The second-order valence-electron chi connectivity index (χ2n) is 9.05. The molecule has 1 aromatic carbocycles. The maximum atomic E-state index is 13.2. The predicted molar refractivity (Wildman–Crippen MR) is 142 cm³/mol. The molecule has 1 rings (SSSR count). The lowest BCUT2D eigenvalue weighted by Gasteiger charge is -2.27. The standard InChI is InChI=1S/C25H41N5O5S/c1-16(2)21(24(33)29-20(25(34)35)12-14-36-3)30-23(32)19(11-7-8-13-26)28-22(31)18(27)15-17-9-5-4-6-10-17/h4-6,9-10,16,18-21H,7-8,11-15,26-27H2,1-3H3,(H,28,31)(H,29,33)(H,30,32)(H,34,35). The third kappa shape index (κ3) is 11.4. The van der Waals surface area contributed by atoms with Gasteiger partial charge in [0.1, 0.15) is 18.1 Å². The van der Waals surface area contributed by atoms with Crippen molar-refractivity contribution in [1.82, 2.24) is 16.0 Å². The Bertz CT molecular complexity index is 839. The number of nitrogens with one attached hydrogen (secondary N) is 3. The number of hydrogen-bond acceptors (Lipinski definition) is 7. The van der Waals surface area contributed by atoms with E-state index >= 15 is 0 Å². The third-order valence-electron chi connectivity index (χ3n) is 5.69. The second kappa shape index (κ2) is 16.9. The van der Waals surface area contributed by atoms with E-state index in [2.05, 4.69) is 16.0 Å². The zero-order valence-corrected chi connectivity index (χ0v) is 22.2. The first kappa shape index (κ1) is 31.4. The Morgan fingerprint density at radius 1 is 0.917 bits per heavy atom. The summed E-state index contributed by atoms with van der Waals surface area (Å²) in [5, 5.41) is 17.4. The summed E-state index contributed by atoms with van der Waals surface area (Å²) in [6.45, 7) is 3.94. The molecule has 0 aliphatic rings. The predicted octanol–water partition coefficient (Wildman–Crippen LogP) is 0.634. The Morgan fingerprint density at radius 2 is 1.56 bits per heavy atom. The van der Waals surface area contributed by atoms with Crippen LogP contribution in [0.3, 0.4) is 0 Å². The first-order chi connectivity index (χ1) is 17.1. The number of carboxylic acids is 1. The molecule has 4 unspecified atom stereocenters. The van der Waals surface area contributed by atoms with Crippen molar-refractivity contribution in [2.45, 2.75) is 70.1 Å². The molecule has 8 N–H and O–H groups in total. The van der Waals surface area contributed by atoms with Crippen molar-refractivity contribution in [3.63, 3.8) is 0 Å². The molecule has 4 atom stereocenters. The van der Waals surface area contributed by atoms with Gasteiger partial charge in [0, 0.05) is 0 Å². The summed E-state index contributed by atoms with van der Waals surface area (Å²) in [6, 6.07) is 5.53. The van der Waals surface area contributed by atoms with E-state index in [0.29, 0.717) is 38.0 Å². The molecule has 0 heterocycles. The van der Waals surface area contributed by atoms with Crippen LogP contribution in [0.15, 0.2) is 30.3 Å². The fourth-order valence-corrected chi connectivity index (χ4v) is 4.02. The monoisotopic (exact) mass is 523 g/mol. The van der Waals surface area contributed by atoms with Gasteiger partial charge >= 0.3 is 5.97 Å². The summed E-state index contributed by atoms with van der Waals surface area (Å²) in [7, 11) is 0. The summed E-state index contributed by atoms with van der Waals surface area (Å²) >= 11 is 1.48. The van der Waals surface area contributed by atoms with E-state index in [0.717, 1.165) is 5.56 Å². The van der Waals surface area contributed by atoms with Crippen LogP contribution >= 0.6 is 11.8 Å². The van der Waals surface area contributed by atoms with E-state index < -0.39 is 47.9 Å². The van der Waals surface area contributed by atoms with Gasteiger partial charge in [-0.15, -0.1) is 0 Å². The number of nitrogens with two attached hydrogens (primary N) is 2. The van der Waals surface area contributed by atoms with E-state index in [9.17, 15) is 24.3 Å². The molecule has 202 valence electrons. The lowest BCUT2D eigenvalue weighted by atomic mass is 10.0. The minimum Gasteiger partial charge on any atom is -0.480 e. The molecule has 0 radical (unpaired) electrons. The van der Waals surface area contributed by atoms with Crippen LogP contribution in [0.5, 0.6) is 0 Å². The van der Waals surface area contributed by atoms with Crippen LogP contribution in [0, 0.1) is 5.92 Å². The Labute approximate surface area is 217 Å². The Kier molecular flexibility index (Phi) is 14.8. The number of benzene rings is 1. The number of carboxylic acid groups (broad SMARTS) is 1. The van der Waals surface area contributed by atoms with Crippen LogP contribution in [0.2, 0.25) is 0 Å². The highest BCUT2D eigenvalue weighted by Crippen LogP contribution is 2.09. The molecule has 10 nitrogen and oxygen atoms in total. The average molecular weight is 524 g/mol. The molecule has 0 fully saturated rings. The van der Waals surface area contributed by atoms with E-state index in [1.54, 1.807) is 13.8 Å². The topological polar surface area (TPSA) is 177 Å². The number of hydrogen-bond donors (Lipinski definition) is 6. The van der Waals surface area contributed by atoms with Gasteiger partial charge in [-0.05, 0) is 62.1 Å². The number of amides is 3. The molecular weight excluding hydrogens is 482 g/mol. The molecule has 3 amide bonds. The number of carbonyl (C=O) groups excluding carboxylic acids is 3. The van der Waals surface area contributed by atoms with Crippen LogP contribution in [0.25, 0.3) is 0 Å². The maximum Gasteiger partial charge on any atom is 0.326 e. The average Bonchev–Trinajstić information content (AvgIpc) is 2.84. The second-order valence-corrected chi connectivity index (χ2v) is 10.0. The maximum absolute atomic E-state index is 13.2. The van der Waals surface area contributed by atoms with Gasteiger partial charge in [-0.2, -0.15) is 11.8 Å². The fraction of sp³-hybridized carbons (Fsp3) is 0.600. The number of aliphatic carboxylic acids is 1. The van der Waals surface area contributed by atoms with Crippen molar-refractivity contribution in [2.24, 2.45) is 17.4 Å². The van der Waals surface area contributed by atoms with E-state index in [-0.39, 0.29) is 12.3 Å². The van der Waals surface area contributed by atoms with Crippen molar-refractivity contribution in [3.8, 4) is 0 Å². The molecular formula is C25H41N5O5S. The molecule has 0 spiro atoms. The van der Waals surface area contributed by atoms with Crippen molar-refractivity contribution >= 4 is 35.5 Å². The minimum absolute atomic E-state index is 0.262. The van der Waals surface area contributed by atoms with E-state index in [1.165, 1.54) is 11.8 Å². The Hall–Kier alpha value is -2.63. The molecule has 11 heteroatoms. The van der Waals surface area contributed by atoms with Gasteiger partial charge < -0.3 is 32.5 Å². The number of unbranched alkanes of at least 4 members (excludes halogenated alkanes) is 1. The molecule has 0 aromatic heterocycles. The largest absolute Gasteiger partial charge is 0.480 e. The molecule has 0 bridgehead atoms. The SMILES string of the molecule is CSCCC(NC(=O)C(NC(=O)C(CCCCN)NC(=O)C(N)Cc1ccccc1)C(C)C)C(=O)O. The highest BCUT2D eigenvalue weighted by Gasteiger charge is 2.31. The van der Waals surface area contributed by atoms with E-state index in [4.69, 9.17) is 11.5 Å². The van der Waals surface area contributed by atoms with Crippen molar-refractivity contribution in [1.29, 1.82) is 0 Å². The highest BCUT2D eigenvalue weighted by molar-refractivity contribution is 7.98. The first-order valence-corrected chi connectivity index (χ1v) is 13.6. The molecule has 0 saturated carbocycles. The fourth-order valence-electron chi connectivity index (χ4n) is 3.54. The van der Waals surface area contributed by atoms with E-state index in [1.807, 2.05) is 36.6 Å². The number of carbonyl (C=O) groups is 4. The van der Waals surface area contributed by atoms with Gasteiger partial charge in [0.05, 0.1) is 6.04 Å². The zero-order valence-electron chi connectivity index (χ0n) is 21.4. The lowest BCUT2D eigenvalue weighted by Crippen LogP contribution is -2.58. The molecule has 0 saturated heterocycles. The Balaban J connectivity index is 2.91. The number of rotatable bonds is 17. The van der Waals surface area contributed by atoms with Crippen molar-refractivity contribution in [2.75, 3.05) is 18.6 Å². The summed E-state index contributed by atoms with van der Waals surface area (Å²) in [4.78, 5) is 50.4. The number of thioether (sulfide) groups is 1. The third-order valence-corrected chi connectivity index (χ3v) is 6.33. The van der Waals surface area contributed by atoms with Crippen LogP contribution in [0.4, 0.5) is 0 Å². The normalized spacial score (nSPS) is 14.4. The van der Waals surface area contributed by atoms with Crippen molar-refractivity contribution in [3.05, 3.63) is 35.9 Å². The van der Waals surface area contributed by atoms with Gasteiger partial charge in [0.2, 0.25) is 17.7 Å². The van der Waals surface area contributed by atoms with Gasteiger partial charge in [-0.3, -0.25) is 14.4 Å². The summed E-state index contributed by atoms with van der Waals surface area (Å²) in [5.41, 5.74) is 12.6. The van der Waals surface area contributed by atoms with Crippen molar-refractivity contribution < 1.29 is 24.3 Å². The summed E-state index contributed by atoms with van der Waals surface area (Å²) < 4.78 is 0.